The summed E-state index contributed by atoms with van der Waals surface area (Å²) >= 11 is 2.34. The number of carbonyl (C=O) groups is 1. The highest BCUT2D eigenvalue weighted by molar-refractivity contribution is 14.2. The van der Waals surface area contributed by atoms with Gasteiger partial charge in [-0.1, -0.05) is 32.1 Å². The van der Waals surface area contributed by atoms with Crippen LogP contribution in [0.1, 0.15) is 26.7 Å². The van der Waals surface area contributed by atoms with E-state index in [1.807, 2.05) is 18.2 Å². The Hall–Kier alpha value is -2.24. The summed E-state index contributed by atoms with van der Waals surface area (Å²) < 4.78 is 2.31. The SMILES string of the molecule is C#C.C=CC(C)=O.CCCCN(SI)c1ccc2cc3ccc(N)cc3nc2c1. The van der Waals surface area contributed by atoms with Crippen LogP contribution in [0.2, 0.25) is 0 Å². The molecule has 0 spiro atoms. The van der Waals surface area contributed by atoms with Crippen molar-refractivity contribution in [2.45, 2.75) is 26.7 Å². The van der Waals surface area contributed by atoms with E-state index < -0.39 is 0 Å². The lowest BCUT2D eigenvalue weighted by Crippen LogP contribution is -2.13. The molecule has 6 heteroatoms. The van der Waals surface area contributed by atoms with Gasteiger partial charge in [0.25, 0.3) is 0 Å². The molecule has 0 fully saturated rings. The minimum absolute atomic E-state index is 0.0185. The van der Waals surface area contributed by atoms with E-state index in [4.69, 9.17) is 10.7 Å². The van der Waals surface area contributed by atoms with Crippen molar-refractivity contribution in [3.05, 3.63) is 55.1 Å². The summed E-state index contributed by atoms with van der Waals surface area (Å²) in [6.07, 6.45) is 11.7. The molecule has 2 aromatic carbocycles. The number of nitrogens with zero attached hydrogens (tertiary/aromatic N) is 2. The first kappa shape index (κ1) is 24.8. The third-order valence-electron chi connectivity index (χ3n) is 3.99. The van der Waals surface area contributed by atoms with Crippen LogP contribution >= 0.6 is 30.3 Å². The van der Waals surface area contributed by atoms with Crippen molar-refractivity contribution in [2.24, 2.45) is 0 Å². The average Bonchev–Trinajstić information content (AvgIpc) is 2.74. The Kier molecular flexibility index (Phi) is 11.2. The monoisotopic (exact) mass is 519 g/mol. The van der Waals surface area contributed by atoms with E-state index in [-0.39, 0.29) is 5.78 Å². The topological polar surface area (TPSA) is 59.2 Å². The van der Waals surface area contributed by atoms with Crippen LogP contribution in [0.25, 0.3) is 21.8 Å². The number of nitrogens with two attached hydrogens (primary N) is 1. The average molecular weight is 519 g/mol. The van der Waals surface area contributed by atoms with Gasteiger partial charge < -0.3 is 10.0 Å². The largest absolute Gasteiger partial charge is 0.399 e. The maximum atomic E-state index is 9.69. The van der Waals surface area contributed by atoms with Gasteiger partial charge in [-0.2, -0.15) is 0 Å². The standard InChI is InChI=1S/C17H18IN3S.C4H6O.C2H2/c1-2-3-8-21(22-18)15-7-5-13-9-12-4-6-14(19)10-16(12)20-17(13)11-15;1-3-4(2)5;1-2/h4-7,9-11H,2-3,8,19H2,1H3;3H,1H2,2H3;1-2H. The van der Waals surface area contributed by atoms with Crippen LogP contribution < -0.4 is 10.0 Å². The van der Waals surface area contributed by atoms with Crippen LogP contribution in [0, 0.1) is 12.8 Å². The van der Waals surface area contributed by atoms with Gasteiger partial charge in [-0.05, 0) is 49.8 Å². The van der Waals surface area contributed by atoms with Crippen molar-refractivity contribution >= 4 is 69.3 Å². The lowest BCUT2D eigenvalue weighted by atomic mass is 10.1. The number of terminal acetylenes is 1. The van der Waals surface area contributed by atoms with Gasteiger partial charge in [-0.3, -0.25) is 4.79 Å². The molecule has 29 heavy (non-hydrogen) atoms. The highest BCUT2D eigenvalue weighted by Gasteiger charge is 2.08. The molecule has 4 nitrogen and oxygen atoms in total. The fraction of sp³-hybridized carbons (Fsp3) is 0.217. The number of aromatic nitrogens is 1. The predicted octanol–water partition coefficient (Wildman–Crippen LogP) is 6.59. The number of hydrogen-bond donors (Lipinski definition) is 1. The van der Waals surface area contributed by atoms with E-state index in [0.717, 1.165) is 34.0 Å². The van der Waals surface area contributed by atoms with Gasteiger partial charge in [0, 0.05) is 59.0 Å². The second-order valence-corrected chi connectivity index (χ2v) is 7.92. The number of unbranched alkanes of at least 4 members (excludes halogenated alkanes) is 1. The number of ketones is 1. The molecule has 0 amide bonds. The maximum Gasteiger partial charge on any atom is 0.152 e. The summed E-state index contributed by atoms with van der Waals surface area (Å²) in [5.41, 5.74) is 9.79. The maximum absolute atomic E-state index is 9.69. The van der Waals surface area contributed by atoms with E-state index in [2.05, 4.69) is 76.1 Å². The van der Waals surface area contributed by atoms with E-state index in [1.54, 1.807) is 9.12 Å². The summed E-state index contributed by atoms with van der Waals surface area (Å²) in [6, 6.07) is 14.5. The van der Waals surface area contributed by atoms with Gasteiger partial charge in [0.05, 0.1) is 11.0 Å². The molecule has 0 bridgehead atoms. The molecule has 0 saturated carbocycles. The molecular weight excluding hydrogens is 493 g/mol. The Labute approximate surface area is 189 Å². The van der Waals surface area contributed by atoms with Crippen LogP contribution in [0.5, 0.6) is 0 Å². The lowest BCUT2D eigenvalue weighted by Gasteiger charge is -2.20. The molecule has 0 atom stereocenters. The van der Waals surface area contributed by atoms with Crippen molar-refractivity contribution in [3.8, 4) is 12.8 Å². The molecule has 0 saturated heterocycles. The molecule has 0 radical (unpaired) electrons. The van der Waals surface area contributed by atoms with Crippen LogP contribution in [0.3, 0.4) is 0 Å². The molecule has 1 aromatic heterocycles. The number of nitrogen functional groups attached to an aromatic ring is 1. The van der Waals surface area contributed by atoms with Gasteiger partial charge in [-0.15, -0.1) is 12.8 Å². The Bertz CT molecular complexity index is 988. The van der Waals surface area contributed by atoms with Crippen LogP contribution in [0.4, 0.5) is 11.4 Å². The van der Waals surface area contributed by atoms with E-state index in [1.165, 1.54) is 31.5 Å². The molecule has 1 heterocycles. The quantitative estimate of drug-likeness (QED) is 0.0995. The third kappa shape index (κ3) is 7.59. The van der Waals surface area contributed by atoms with Gasteiger partial charge >= 0.3 is 0 Å². The van der Waals surface area contributed by atoms with Crippen LogP contribution in [0.15, 0.2) is 55.1 Å². The first-order valence-electron chi connectivity index (χ1n) is 9.11. The Morgan fingerprint density at radius 2 is 1.79 bits per heavy atom. The van der Waals surface area contributed by atoms with E-state index in [9.17, 15) is 4.79 Å². The molecule has 0 aliphatic carbocycles. The number of rotatable bonds is 6. The number of allylic oxidation sites excluding steroid dienone is 1. The third-order valence-corrected chi connectivity index (χ3v) is 5.98. The van der Waals surface area contributed by atoms with Gasteiger partial charge in [0.1, 0.15) is 0 Å². The number of hydrogen-bond acceptors (Lipinski definition) is 5. The normalized spacial score (nSPS) is 9.69. The molecule has 0 aliphatic rings. The summed E-state index contributed by atoms with van der Waals surface area (Å²) in [7, 11) is 1.73. The highest BCUT2D eigenvalue weighted by Crippen LogP contribution is 2.31. The predicted molar refractivity (Wildman–Crippen MR) is 138 cm³/mol. The molecule has 0 unspecified atom stereocenters. The Balaban J connectivity index is 0.000000527. The molecule has 0 aliphatic heterocycles. The van der Waals surface area contributed by atoms with Crippen molar-refractivity contribution in [2.75, 3.05) is 16.6 Å². The fourth-order valence-electron chi connectivity index (χ4n) is 2.49. The number of anilines is 2. The smallest absolute Gasteiger partial charge is 0.152 e. The zero-order chi connectivity index (χ0) is 21.8. The Morgan fingerprint density at radius 3 is 2.34 bits per heavy atom. The van der Waals surface area contributed by atoms with Crippen molar-refractivity contribution < 1.29 is 4.79 Å². The van der Waals surface area contributed by atoms with Gasteiger partial charge in [-0.25, -0.2) is 4.98 Å². The second-order valence-electron chi connectivity index (χ2n) is 6.16. The summed E-state index contributed by atoms with van der Waals surface area (Å²) in [4.78, 5) is 14.5. The second kappa shape index (κ2) is 13.1. The van der Waals surface area contributed by atoms with Gasteiger partial charge in [0.2, 0.25) is 0 Å². The first-order valence-corrected chi connectivity index (χ1v) is 12.4. The molecule has 3 rings (SSSR count). The van der Waals surface area contributed by atoms with Crippen molar-refractivity contribution in [1.29, 1.82) is 0 Å². The van der Waals surface area contributed by atoms with E-state index in [0.29, 0.717) is 0 Å². The number of benzene rings is 2. The zero-order valence-electron chi connectivity index (χ0n) is 16.8. The molecular formula is C23H26IN3OS. The molecule has 3 aromatic rings. The number of pyridine rings is 1. The minimum Gasteiger partial charge on any atom is -0.399 e. The summed E-state index contributed by atoms with van der Waals surface area (Å²) in [5.74, 6) is 0.0185. The van der Waals surface area contributed by atoms with E-state index >= 15 is 0 Å². The number of fused-ring (bicyclic) bond motifs is 2. The Morgan fingerprint density at radius 1 is 1.21 bits per heavy atom. The first-order chi connectivity index (χ1) is 14.0. The van der Waals surface area contributed by atoms with Crippen molar-refractivity contribution in [1.82, 2.24) is 4.98 Å². The lowest BCUT2D eigenvalue weighted by molar-refractivity contribution is -0.112. The number of halogens is 1. The molecule has 2 N–H and O–H groups in total. The summed E-state index contributed by atoms with van der Waals surface area (Å²) in [5, 5.41) is 2.29. The van der Waals surface area contributed by atoms with Crippen LogP contribution in [-0.4, -0.2) is 17.3 Å². The minimum atomic E-state index is 0.0185. The fourth-order valence-corrected chi connectivity index (χ4v) is 4.15. The zero-order valence-corrected chi connectivity index (χ0v) is 19.7. The van der Waals surface area contributed by atoms with Gasteiger partial charge in [0.15, 0.2) is 5.78 Å². The highest BCUT2D eigenvalue weighted by atomic mass is 127. The number of carbonyl (C=O) groups excluding carboxylic acids is 1. The van der Waals surface area contributed by atoms with Crippen LogP contribution in [-0.2, 0) is 4.79 Å². The van der Waals surface area contributed by atoms with Crippen molar-refractivity contribution in [3.63, 3.8) is 0 Å². The summed E-state index contributed by atoms with van der Waals surface area (Å²) in [6.45, 7) is 7.94. The molecule has 152 valence electrons.